The van der Waals surface area contributed by atoms with Gasteiger partial charge in [0.2, 0.25) is 0 Å². The topological polar surface area (TPSA) is 54.9 Å². The minimum atomic E-state index is -0.462. The van der Waals surface area contributed by atoms with Crippen LogP contribution in [0, 0.1) is 26.6 Å². The van der Waals surface area contributed by atoms with Crippen LogP contribution >= 0.6 is 0 Å². The van der Waals surface area contributed by atoms with E-state index in [9.17, 15) is 9.18 Å². The first-order valence-electron chi connectivity index (χ1n) is 7.26. The number of nitrogens with one attached hydrogen (secondary N) is 1. The van der Waals surface area contributed by atoms with Crippen LogP contribution in [0.25, 0.3) is 11.0 Å². The largest absolute Gasteiger partial charge is 0.319 e. The lowest BCUT2D eigenvalue weighted by Crippen LogP contribution is -2.13. The van der Waals surface area contributed by atoms with Crippen LogP contribution in [0.5, 0.6) is 0 Å². The molecule has 0 saturated heterocycles. The van der Waals surface area contributed by atoms with Crippen molar-refractivity contribution in [1.29, 1.82) is 0 Å². The Bertz CT molecular complexity index is 922. The zero-order valence-corrected chi connectivity index (χ0v) is 13.1. The number of fused-ring (bicyclic) bond motifs is 1. The number of amides is 1. The average molecular weight is 309 g/mol. The van der Waals surface area contributed by atoms with E-state index in [2.05, 4.69) is 15.3 Å². The van der Waals surface area contributed by atoms with Crippen molar-refractivity contribution in [2.45, 2.75) is 20.8 Å². The molecule has 0 aliphatic heterocycles. The van der Waals surface area contributed by atoms with E-state index in [1.807, 2.05) is 20.8 Å². The monoisotopic (exact) mass is 309 g/mol. The molecule has 0 fully saturated rings. The van der Waals surface area contributed by atoms with Crippen LogP contribution in [0.4, 0.5) is 10.1 Å². The summed E-state index contributed by atoms with van der Waals surface area (Å²) in [6.07, 6.45) is 0. The molecule has 4 nitrogen and oxygen atoms in total. The summed E-state index contributed by atoms with van der Waals surface area (Å²) in [5.41, 5.74) is 4.50. The highest BCUT2D eigenvalue weighted by atomic mass is 19.1. The molecule has 3 rings (SSSR count). The second-order valence-electron chi connectivity index (χ2n) is 5.54. The highest BCUT2D eigenvalue weighted by Crippen LogP contribution is 2.19. The SMILES string of the molecule is Cc1ccc(F)c(NC(=O)c2ccc3nc(C)c(C)nc3c2)c1. The van der Waals surface area contributed by atoms with Gasteiger partial charge in [-0.2, -0.15) is 0 Å². The molecule has 0 aliphatic rings. The first-order valence-corrected chi connectivity index (χ1v) is 7.26. The number of halogens is 1. The molecule has 0 bridgehead atoms. The van der Waals surface area contributed by atoms with Gasteiger partial charge in [-0.1, -0.05) is 6.07 Å². The molecule has 0 spiro atoms. The van der Waals surface area contributed by atoms with Crippen molar-refractivity contribution in [3.05, 3.63) is 64.7 Å². The molecule has 23 heavy (non-hydrogen) atoms. The summed E-state index contributed by atoms with van der Waals surface area (Å²) < 4.78 is 13.8. The van der Waals surface area contributed by atoms with Crippen molar-refractivity contribution in [1.82, 2.24) is 9.97 Å². The number of anilines is 1. The van der Waals surface area contributed by atoms with Crippen LogP contribution in [-0.4, -0.2) is 15.9 Å². The fourth-order valence-corrected chi connectivity index (χ4v) is 2.30. The third-order valence-electron chi connectivity index (χ3n) is 3.71. The minimum absolute atomic E-state index is 0.168. The fourth-order valence-electron chi connectivity index (χ4n) is 2.30. The molecule has 0 atom stereocenters. The van der Waals surface area contributed by atoms with E-state index in [1.165, 1.54) is 6.07 Å². The number of carbonyl (C=O) groups is 1. The lowest BCUT2D eigenvalue weighted by atomic mass is 10.1. The van der Waals surface area contributed by atoms with Gasteiger partial charge < -0.3 is 5.32 Å². The fraction of sp³-hybridized carbons (Fsp3) is 0.167. The summed E-state index contributed by atoms with van der Waals surface area (Å²) in [5.74, 6) is -0.840. The number of benzene rings is 2. The van der Waals surface area contributed by atoms with E-state index in [0.717, 1.165) is 22.5 Å². The maximum absolute atomic E-state index is 13.8. The maximum atomic E-state index is 13.8. The van der Waals surface area contributed by atoms with Crippen molar-refractivity contribution in [2.75, 3.05) is 5.32 Å². The molecule has 5 heteroatoms. The van der Waals surface area contributed by atoms with E-state index >= 15 is 0 Å². The van der Waals surface area contributed by atoms with Crippen LogP contribution in [-0.2, 0) is 0 Å². The van der Waals surface area contributed by atoms with Gasteiger partial charge in [-0.25, -0.2) is 14.4 Å². The average Bonchev–Trinajstić information content (AvgIpc) is 2.51. The molecule has 0 unspecified atom stereocenters. The van der Waals surface area contributed by atoms with E-state index in [4.69, 9.17) is 0 Å². The third kappa shape index (κ3) is 3.04. The number of hydrogen-bond donors (Lipinski definition) is 1. The Morgan fingerprint density at radius 3 is 2.39 bits per heavy atom. The molecule has 2 aromatic carbocycles. The van der Waals surface area contributed by atoms with Crippen LogP contribution < -0.4 is 5.32 Å². The Morgan fingerprint density at radius 1 is 0.957 bits per heavy atom. The van der Waals surface area contributed by atoms with Crippen LogP contribution in [0.3, 0.4) is 0 Å². The normalized spacial score (nSPS) is 10.8. The Balaban J connectivity index is 1.94. The number of aromatic nitrogens is 2. The summed E-state index contributed by atoms with van der Waals surface area (Å²) in [4.78, 5) is 21.2. The van der Waals surface area contributed by atoms with E-state index in [-0.39, 0.29) is 11.6 Å². The van der Waals surface area contributed by atoms with Gasteiger partial charge in [-0.15, -0.1) is 0 Å². The zero-order valence-electron chi connectivity index (χ0n) is 13.1. The van der Waals surface area contributed by atoms with E-state index in [0.29, 0.717) is 11.1 Å². The number of rotatable bonds is 2. The molecule has 1 aromatic heterocycles. The molecule has 116 valence electrons. The third-order valence-corrected chi connectivity index (χ3v) is 3.71. The van der Waals surface area contributed by atoms with Gasteiger partial charge >= 0.3 is 0 Å². The van der Waals surface area contributed by atoms with Gasteiger partial charge in [0, 0.05) is 5.56 Å². The van der Waals surface area contributed by atoms with E-state index in [1.54, 1.807) is 30.3 Å². The molecular weight excluding hydrogens is 293 g/mol. The molecule has 1 heterocycles. The van der Waals surface area contributed by atoms with Crippen LogP contribution in [0.1, 0.15) is 27.3 Å². The van der Waals surface area contributed by atoms with E-state index < -0.39 is 5.82 Å². The summed E-state index contributed by atoms with van der Waals surface area (Å²) in [7, 11) is 0. The molecule has 1 amide bonds. The highest BCUT2D eigenvalue weighted by molar-refractivity contribution is 6.06. The molecule has 0 saturated carbocycles. The molecule has 1 N–H and O–H groups in total. The van der Waals surface area contributed by atoms with Crippen molar-refractivity contribution in [3.8, 4) is 0 Å². The smallest absolute Gasteiger partial charge is 0.255 e. The summed E-state index contributed by atoms with van der Waals surface area (Å²) in [5, 5.41) is 2.60. The number of nitrogens with zero attached hydrogens (tertiary/aromatic N) is 2. The minimum Gasteiger partial charge on any atom is -0.319 e. The lowest BCUT2D eigenvalue weighted by molar-refractivity contribution is 0.102. The first-order chi connectivity index (χ1) is 10.9. The second-order valence-corrected chi connectivity index (χ2v) is 5.54. The summed E-state index contributed by atoms with van der Waals surface area (Å²) >= 11 is 0. The van der Waals surface area contributed by atoms with Gasteiger partial charge in [0.25, 0.3) is 5.91 Å². The number of hydrogen-bond acceptors (Lipinski definition) is 3. The standard InChI is InChI=1S/C18H16FN3O/c1-10-4-6-14(19)16(8-10)22-18(23)13-5-7-15-17(9-13)21-12(3)11(2)20-15/h4-9H,1-3H3,(H,22,23). The van der Waals surface area contributed by atoms with Crippen molar-refractivity contribution < 1.29 is 9.18 Å². The van der Waals surface area contributed by atoms with Crippen molar-refractivity contribution in [2.24, 2.45) is 0 Å². The highest BCUT2D eigenvalue weighted by Gasteiger charge is 2.11. The molecule has 0 aliphatic carbocycles. The Hall–Kier alpha value is -2.82. The van der Waals surface area contributed by atoms with Crippen LogP contribution in [0.15, 0.2) is 36.4 Å². The predicted octanol–water partition coefficient (Wildman–Crippen LogP) is 3.95. The second kappa shape index (κ2) is 5.76. The van der Waals surface area contributed by atoms with Gasteiger partial charge in [0.15, 0.2) is 0 Å². The lowest BCUT2D eigenvalue weighted by Gasteiger charge is -2.08. The predicted molar refractivity (Wildman–Crippen MR) is 88.1 cm³/mol. The maximum Gasteiger partial charge on any atom is 0.255 e. The number of aryl methyl sites for hydroxylation is 3. The number of carbonyl (C=O) groups excluding carboxylic acids is 1. The molecular formula is C18H16FN3O. The van der Waals surface area contributed by atoms with Gasteiger partial charge in [-0.3, -0.25) is 4.79 Å². The van der Waals surface area contributed by atoms with Gasteiger partial charge in [0.1, 0.15) is 5.82 Å². The quantitative estimate of drug-likeness (QED) is 0.780. The Kier molecular flexibility index (Phi) is 3.78. The van der Waals surface area contributed by atoms with Crippen LogP contribution in [0.2, 0.25) is 0 Å². The molecule has 0 radical (unpaired) electrons. The summed E-state index contributed by atoms with van der Waals surface area (Å²) in [6.45, 7) is 5.60. The van der Waals surface area contributed by atoms with Crippen molar-refractivity contribution in [3.63, 3.8) is 0 Å². The Morgan fingerprint density at radius 2 is 1.65 bits per heavy atom. The first kappa shape index (κ1) is 15.1. The van der Waals surface area contributed by atoms with Gasteiger partial charge in [-0.05, 0) is 56.7 Å². The zero-order chi connectivity index (χ0) is 16.6. The summed E-state index contributed by atoms with van der Waals surface area (Å²) in [6, 6.07) is 9.66. The van der Waals surface area contributed by atoms with Gasteiger partial charge in [0.05, 0.1) is 28.1 Å². The Labute approximate surface area is 133 Å². The molecule has 3 aromatic rings. The van der Waals surface area contributed by atoms with Crippen molar-refractivity contribution >= 4 is 22.6 Å².